The van der Waals surface area contributed by atoms with Crippen LogP contribution in [0.3, 0.4) is 0 Å². The van der Waals surface area contributed by atoms with Crippen LogP contribution in [0, 0.1) is 0 Å². The van der Waals surface area contributed by atoms with Gasteiger partial charge in [0.15, 0.2) is 9.84 Å². The Morgan fingerprint density at radius 3 is 2.29 bits per heavy atom. The number of sulfone groups is 1. The highest BCUT2D eigenvalue weighted by molar-refractivity contribution is 7.92. The van der Waals surface area contributed by atoms with E-state index in [1.165, 1.54) is 4.31 Å². The molecule has 118 valence electrons. The Morgan fingerprint density at radius 2 is 1.71 bits per heavy atom. The summed E-state index contributed by atoms with van der Waals surface area (Å²) in [5, 5.41) is 0. The largest absolute Gasteiger partial charge is 0.492 e. The molecule has 7 nitrogen and oxygen atoms in total. The highest BCUT2D eigenvalue weighted by Gasteiger charge is 2.29. The molecule has 21 heavy (non-hydrogen) atoms. The van der Waals surface area contributed by atoms with Gasteiger partial charge in [-0.15, -0.1) is 0 Å². The lowest BCUT2D eigenvalue weighted by molar-refractivity contribution is 0.335. The summed E-state index contributed by atoms with van der Waals surface area (Å²) in [4.78, 5) is 0. The highest BCUT2D eigenvalue weighted by atomic mass is 32.2. The topological polar surface area (TPSA) is 107 Å². The highest BCUT2D eigenvalue weighted by Crippen LogP contribution is 2.14. The molecule has 1 aromatic rings. The van der Waals surface area contributed by atoms with Gasteiger partial charge in [-0.1, -0.05) is 0 Å². The number of nitrogen functional groups attached to an aromatic ring is 1. The molecule has 1 saturated heterocycles. The molecule has 0 aliphatic carbocycles. The first-order valence-corrected chi connectivity index (χ1v) is 9.88. The fourth-order valence-corrected chi connectivity index (χ4v) is 4.66. The molecule has 0 amide bonds. The summed E-state index contributed by atoms with van der Waals surface area (Å²) in [6, 6.07) is 6.66. The van der Waals surface area contributed by atoms with Crippen molar-refractivity contribution >= 4 is 25.5 Å². The van der Waals surface area contributed by atoms with Crippen molar-refractivity contribution in [1.82, 2.24) is 4.31 Å². The van der Waals surface area contributed by atoms with Crippen molar-refractivity contribution in [2.24, 2.45) is 0 Å². The van der Waals surface area contributed by atoms with Crippen molar-refractivity contribution in [3.05, 3.63) is 24.3 Å². The zero-order chi connectivity index (χ0) is 15.5. The Morgan fingerprint density at radius 1 is 1.14 bits per heavy atom. The van der Waals surface area contributed by atoms with Gasteiger partial charge in [0.25, 0.3) is 0 Å². The third-order valence-electron chi connectivity index (χ3n) is 3.19. The first-order valence-electron chi connectivity index (χ1n) is 6.45. The first kappa shape index (κ1) is 16.1. The van der Waals surface area contributed by atoms with Crippen molar-refractivity contribution in [3.63, 3.8) is 0 Å². The van der Waals surface area contributed by atoms with Gasteiger partial charge in [-0.2, -0.15) is 4.31 Å². The Bertz CT molecular complexity index is 669. The van der Waals surface area contributed by atoms with Crippen LogP contribution in [0.4, 0.5) is 5.69 Å². The molecule has 0 saturated carbocycles. The number of sulfonamides is 1. The van der Waals surface area contributed by atoms with Gasteiger partial charge in [-0.05, 0) is 24.3 Å². The van der Waals surface area contributed by atoms with Crippen molar-refractivity contribution < 1.29 is 21.6 Å². The molecule has 0 radical (unpaired) electrons. The molecule has 2 rings (SSSR count). The zero-order valence-electron chi connectivity index (χ0n) is 11.4. The average Bonchev–Trinajstić information content (AvgIpc) is 2.40. The van der Waals surface area contributed by atoms with E-state index in [-0.39, 0.29) is 37.0 Å². The lowest BCUT2D eigenvalue weighted by Gasteiger charge is -2.25. The molecule has 0 atom stereocenters. The summed E-state index contributed by atoms with van der Waals surface area (Å²) in [6.07, 6.45) is 0. The second-order valence-electron chi connectivity index (χ2n) is 4.78. The van der Waals surface area contributed by atoms with Gasteiger partial charge in [0.1, 0.15) is 12.4 Å². The van der Waals surface area contributed by atoms with E-state index >= 15 is 0 Å². The van der Waals surface area contributed by atoms with Crippen LogP contribution in [0.15, 0.2) is 24.3 Å². The van der Waals surface area contributed by atoms with Crippen molar-refractivity contribution in [2.45, 2.75) is 0 Å². The lowest BCUT2D eigenvalue weighted by atomic mass is 10.3. The summed E-state index contributed by atoms with van der Waals surface area (Å²) < 4.78 is 53.3. The van der Waals surface area contributed by atoms with Gasteiger partial charge < -0.3 is 10.5 Å². The lowest BCUT2D eigenvalue weighted by Crippen LogP contribution is -2.45. The number of ether oxygens (including phenoxy) is 1. The van der Waals surface area contributed by atoms with Crippen LogP contribution in [-0.4, -0.2) is 58.1 Å². The van der Waals surface area contributed by atoms with Crippen molar-refractivity contribution in [3.8, 4) is 5.75 Å². The Kier molecular flexibility index (Phi) is 4.74. The van der Waals surface area contributed by atoms with Crippen molar-refractivity contribution in [1.29, 1.82) is 0 Å². The minimum absolute atomic E-state index is 0.00943. The molecule has 9 heteroatoms. The number of rotatable bonds is 5. The molecule has 2 N–H and O–H groups in total. The summed E-state index contributed by atoms with van der Waals surface area (Å²) in [5.41, 5.74) is 6.14. The van der Waals surface area contributed by atoms with Gasteiger partial charge >= 0.3 is 0 Å². The molecule has 1 aliphatic heterocycles. The van der Waals surface area contributed by atoms with Crippen molar-refractivity contribution in [2.75, 3.05) is 42.7 Å². The van der Waals surface area contributed by atoms with Crippen LogP contribution in [0.1, 0.15) is 0 Å². The van der Waals surface area contributed by atoms with E-state index in [2.05, 4.69) is 0 Å². The third kappa shape index (κ3) is 4.58. The maximum Gasteiger partial charge on any atom is 0.217 e. The Labute approximate surface area is 124 Å². The summed E-state index contributed by atoms with van der Waals surface area (Å²) >= 11 is 0. The molecular formula is C12H18N2O5S2. The average molecular weight is 334 g/mol. The van der Waals surface area contributed by atoms with E-state index in [1.807, 2.05) is 0 Å². The number of nitrogens with two attached hydrogens (primary N) is 1. The third-order valence-corrected chi connectivity index (χ3v) is 6.63. The van der Waals surface area contributed by atoms with Crippen LogP contribution in [0.25, 0.3) is 0 Å². The molecule has 1 aromatic carbocycles. The van der Waals surface area contributed by atoms with Crippen LogP contribution < -0.4 is 10.5 Å². The normalized spacial score (nSPS) is 19.2. The van der Waals surface area contributed by atoms with Gasteiger partial charge in [-0.25, -0.2) is 16.8 Å². The van der Waals surface area contributed by atoms with E-state index in [0.29, 0.717) is 11.4 Å². The molecular weight excluding hydrogens is 316 g/mol. The molecule has 0 bridgehead atoms. The first-order chi connectivity index (χ1) is 9.78. The van der Waals surface area contributed by atoms with E-state index in [1.54, 1.807) is 24.3 Å². The van der Waals surface area contributed by atoms with Crippen LogP contribution in [0.5, 0.6) is 5.75 Å². The monoisotopic (exact) mass is 334 g/mol. The molecule has 0 aromatic heterocycles. The summed E-state index contributed by atoms with van der Waals surface area (Å²) in [7, 11) is -6.59. The molecule has 0 spiro atoms. The SMILES string of the molecule is Nc1ccc(OCCS(=O)(=O)N2CCS(=O)(=O)CC2)cc1. The predicted octanol–water partition coefficient (Wildman–Crippen LogP) is -0.292. The predicted molar refractivity (Wildman–Crippen MR) is 80.4 cm³/mol. The number of anilines is 1. The molecule has 0 unspecified atom stereocenters. The fourth-order valence-electron chi connectivity index (χ4n) is 1.93. The minimum Gasteiger partial charge on any atom is -0.492 e. The van der Waals surface area contributed by atoms with E-state index < -0.39 is 19.9 Å². The quantitative estimate of drug-likeness (QED) is 0.742. The summed E-state index contributed by atoms with van der Waals surface area (Å²) in [5.74, 6) is 0.119. The zero-order valence-corrected chi connectivity index (χ0v) is 13.1. The standard InChI is InChI=1S/C12H18N2O5S2/c13-11-1-3-12(4-2-11)19-7-10-21(17,18)14-5-8-20(15,16)9-6-14/h1-4H,5-10,13H2. The Hall–Kier alpha value is -1.32. The van der Waals surface area contributed by atoms with E-state index in [9.17, 15) is 16.8 Å². The minimum atomic E-state index is -3.49. The second-order valence-corrected chi connectivity index (χ2v) is 9.18. The van der Waals surface area contributed by atoms with Crippen LogP contribution in [0.2, 0.25) is 0 Å². The molecule has 1 heterocycles. The number of hydrogen-bond donors (Lipinski definition) is 1. The Balaban J connectivity index is 1.86. The van der Waals surface area contributed by atoms with E-state index in [4.69, 9.17) is 10.5 Å². The molecule has 1 aliphatic rings. The van der Waals surface area contributed by atoms with Gasteiger partial charge in [0.2, 0.25) is 10.0 Å². The summed E-state index contributed by atoms with van der Waals surface area (Å²) in [6.45, 7) is 0.0502. The number of nitrogens with zero attached hydrogens (tertiary/aromatic N) is 1. The fraction of sp³-hybridized carbons (Fsp3) is 0.500. The number of benzene rings is 1. The van der Waals surface area contributed by atoms with E-state index in [0.717, 1.165) is 0 Å². The number of hydrogen-bond acceptors (Lipinski definition) is 6. The molecule has 1 fully saturated rings. The van der Waals surface area contributed by atoms with Crippen LogP contribution >= 0.6 is 0 Å². The maximum atomic E-state index is 12.1. The second kappa shape index (κ2) is 6.20. The van der Waals surface area contributed by atoms with Crippen LogP contribution in [-0.2, 0) is 19.9 Å². The smallest absolute Gasteiger partial charge is 0.217 e. The van der Waals surface area contributed by atoms with Gasteiger partial charge in [0, 0.05) is 18.8 Å². The van der Waals surface area contributed by atoms with Gasteiger partial charge in [-0.3, -0.25) is 0 Å². The van der Waals surface area contributed by atoms with Gasteiger partial charge in [0.05, 0.1) is 17.3 Å². The maximum absolute atomic E-state index is 12.1.